The van der Waals surface area contributed by atoms with E-state index >= 15 is 0 Å². The van der Waals surface area contributed by atoms with E-state index in [0.29, 0.717) is 12.2 Å². The summed E-state index contributed by atoms with van der Waals surface area (Å²) >= 11 is 0. The molecule has 0 amide bonds. The maximum atomic E-state index is 6.75. The third-order valence-electron chi connectivity index (χ3n) is 4.63. The molecular formula is C15H34O3Si3. The molecular weight excluding hydrogens is 312 g/mol. The van der Waals surface area contributed by atoms with Crippen molar-refractivity contribution in [3.8, 4) is 0 Å². The highest BCUT2D eigenvalue weighted by Gasteiger charge is 2.47. The van der Waals surface area contributed by atoms with Crippen molar-refractivity contribution in [2.75, 3.05) is 0 Å². The minimum absolute atomic E-state index is 0.586. The van der Waals surface area contributed by atoms with E-state index in [4.69, 9.17) is 13.0 Å². The lowest BCUT2D eigenvalue weighted by molar-refractivity contribution is 0.356. The largest absolute Gasteiger partial charge is 0.437 e. The van der Waals surface area contributed by atoms with Gasteiger partial charge in [0.05, 0.1) is 12.2 Å². The van der Waals surface area contributed by atoms with Crippen molar-refractivity contribution < 1.29 is 13.0 Å². The molecule has 6 heteroatoms. The van der Waals surface area contributed by atoms with Gasteiger partial charge in [-0.3, -0.25) is 0 Å². The van der Waals surface area contributed by atoms with Gasteiger partial charge >= 0.3 is 8.56 Å². The first-order valence-corrected chi connectivity index (χ1v) is 17.6. The Morgan fingerprint density at radius 3 is 2.14 bits per heavy atom. The number of hydrogen-bond acceptors (Lipinski definition) is 3. The molecule has 0 spiro atoms. The summed E-state index contributed by atoms with van der Waals surface area (Å²) in [6.07, 6.45) is 5.08. The summed E-state index contributed by atoms with van der Waals surface area (Å²) in [6.45, 7) is 16.0. The SMILES string of the molecule is CC[Si](C)(CC1CCC2OC2C1)O[Si](C)(C)O[Si](C)(C)C. The van der Waals surface area contributed by atoms with Crippen LogP contribution >= 0.6 is 0 Å². The Bertz CT molecular complexity index is 370. The molecule has 0 bridgehead atoms. The summed E-state index contributed by atoms with van der Waals surface area (Å²) in [5.74, 6) is 0.821. The van der Waals surface area contributed by atoms with Gasteiger partial charge in [-0.2, -0.15) is 0 Å². The van der Waals surface area contributed by atoms with Crippen LogP contribution in [0.4, 0.5) is 0 Å². The highest BCUT2D eigenvalue weighted by Crippen LogP contribution is 2.43. The zero-order valence-electron chi connectivity index (χ0n) is 15.0. The monoisotopic (exact) mass is 346 g/mol. The second-order valence-corrected chi connectivity index (χ2v) is 21.3. The molecule has 1 aliphatic carbocycles. The lowest BCUT2D eigenvalue weighted by atomic mass is 9.91. The second kappa shape index (κ2) is 6.20. The van der Waals surface area contributed by atoms with Gasteiger partial charge in [0.2, 0.25) is 0 Å². The van der Waals surface area contributed by atoms with Crippen LogP contribution < -0.4 is 0 Å². The van der Waals surface area contributed by atoms with Crippen LogP contribution in [0.2, 0.25) is 51.4 Å². The van der Waals surface area contributed by atoms with E-state index in [1.165, 1.54) is 31.4 Å². The average molecular weight is 347 g/mol. The maximum Gasteiger partial charge on any atom is 0.311 e. The lowest BCUT2D eigenvalue weighted by Gasteiger charge is -2.40. The van der Waals surface area contributed by atoms with E-state index < -0.39 is 25.2 Å². The molecule has 1 saturated heterocycles. The van der Waals surface area contributed by atoms with Gasteiger partial charge in [-0.05, 0) is 76.6 Å². The number of epoxide rings is 1. The van der Waals surface area contributed by atoms with E-state index in [-0.39, 0.29) is 0 Å². The van der Waals surface area contributed by atoms with Crippen LogP contribution in [-0.4, -0.2) is 37.4 Å². The Morgan fingerprint density at radius 2 is 1.62 bits per heavy atom. The van der Waals surface area contributed by atoms with Crippen molar-refractivity contribution in [3.63, 3.8) is 0 Å². The van der Waals surface area contributed by atoms with E-state index in [2.05, 4.69) is 46.2 Å². The minimum Gasteiger partial charge on any atom is -0.437 e. The lowest BCUT2D eigenvalue weighted by Crippen LogP contribution is -2.53. The molecule has 0 aromatic rings. The molecule has 0 N–H and O–H groups in total. The zero-order valence-corrected chi connectivity index (χ0v) is 18.0. The van der Waals surface area contributed by atoms with Gasteiger partial charge in [0.1, 0.15) is 0 Å². The van der Waals surface area contributed by atoms with Crippen LogP contribution in [-0.2, 0) is 13.0 Å². The van der Waals surface area contributed by atoms with Gasteiger partial charge in [0.25, 0.3) is 0 Å². The van der Waals surface area contributed by atoms with Gasteiger partial charge in [0, 0.05) is 0 Å². The molecule has 21 heavy (non-hydrogen) atoms. The Balaban J connectivity index is 1.92. The third-order valence-corrected chi connectivity index (χ3v) is 15.9. The standard InChI is InChI=1S/C15H34O3Si3/c1-8-21(7,18-20(5,6)17-19(2,3)4)12-13-9-10-14-15(11-13)16-14/h13-15H,8-12H2,1-7H3. The normalized spacial score (nSPS) is 32.4. The molecule has 2 aliphatic rings. The quantitative estimate of drug-likeness (QED) is 0.494. The summed E-state index contributed by atoms with van der Waals surface area (Å²) < 4.78 is 18.8. The number of rotatable bonds is 7. The Kier molecular flexibility index (Phi) is 5.28. The third kappa shape index (κ3) is 5.58. The summed E-state index contributed by atoms with van der Waals surface area (Å²) in [5, 5.41) is 0. The zero-order chi connectivity index (χ0) is 15.9. The molecule has 0 radical (unpaired) electrons. The van der Waals surface area contributed by atoms with Crippen molar-refractivity contribution in [3.05, 3.63) is 0 Å². The molecule has 0 aromatic heterocycles. The van der Waals surface area contributed by atoms with Crippen LogP contribution in [0.25, 0.3) is 0 Å². The van der Waals surface area contributed by atoms with Crippen LogP contribution in [0, 0.1) is 5.92 Å². The fraction of sp³-hybridized carbons (Fsp3) is 1.00. The van der Waals surface area contributed by atoms with Gasteiger partial charge in [-0.1, -0.05) is 6.92 Å². The van der Waals surface area contributed by atoms with Gasteiger partial charge < -0.3 is 13.0 Å². The molecule has 1 aliphatic heterocycles. The Hall–Kier alpha value is 0.531. The summed E-state index contributed by atoms with van der Waals surface area (Å²) in [7, 11) is -5.17. The predicted octanol–water partition coefficient (Wildman–Crippen LogP) is 4.72. The molecule has 1 heterocycles. The summed E-state index contributed by atoms with van der Waals surface area (Å²) in [6, 6.07) is 2.49. The Labute approximate surface area is 134 Å². The first-order chi connectivity index (χ1) is 9.52. The average Bonchev–Trinajstić information content (AvgIpc) is 3.02. The van der Waals surface area contributed by atoms with Gasteiger partial charge in [-0.15, -0.1) is 0 Å². The second-order valence-electron chi connectivity index (χ2n) is 8.62. The number of fused-ring (bicyclic) bond motifs is 1. The van der Waals surface area contributed by atoms with E-state index in [1.807, 2.05) is 0 Å². The van der Waals surface area contributed by atoms with E-state index in [0.717, 1.165) is 5.92 Å². The number of ether oxygens (including phenoxy) is 1. The summed E-state index contributed by atoms with van der Waals surface area (Å²) in [4.78, 5) is 0. The van der Waals surface area contributed by atoms with Crippen molar-refractivity contribution >= 4 is 25.2 Å². The summed E-state index contributed by atoms with van der Waals surface area (Å²) in [5.41, 5.74) is 0. The highest BCUT2D eigenvalue weighted by atomic mass is 28.5. The fourth-order valence-corrected chi connectivity index (χ4v) is 17.9. The molecule has 0 aromatic carbocycles. The predicted molar refractivity (Wildman–Crippen MR) is 95.9 cm³/mol. The fourth-order valence-electron chi connectivity index (χ4n) is 3.89. The van der Waals surface area contributed by atoms with E-state index in [9.17, 15) is 0 Å². The first-order valence-electron chi connectivity index (χ1n) is 8.58. The van der Waals surface area contributed by atoms with Crippen molar-refractivity contribution in [2.24, 2.45) is 5.92 Å². The molecule has 4 unspecified atom stereocenters. The molecule has 2 rings (SSSR count). The van der Waals surface area contributed by atoms with Crippen molar-refractivity contribution in [2.45, 2.75) is 89.8 Å². The first kappa shape index (κ1) is 17.9. The number of hydrogen-bond donors (Lipinski definition) is 0. The van der Waals surface area contributed by atoms with E-state index in [1.54, 1.807) is 0 Å². The van der Waals surface area contributed by atoms with Gasteiger partial charge in [0.15, 0.2) is 16.6 Å². The maximum absolute atomic E-state index is 6.75. The van der Waals surface area contributed by atoms with Crippen LogP contribution in [0.3, 0.4) is 0 Å². The van der Waals surface area contributed by atoms with Crippen molar-refractivity contribution in [1.29, 1.82) is 0 Å². The Morgan fingerprint density at radius 1 is 0.952 bits per heavy atom. The molecule has 2 fully saturated rings. The van der Waals surface area contributed by atoms with Gasteiger partial charge in [-0.25, -0.2) is 0 Å². The van der Waals surface area contributed by atoms with Crippen LogP contribution in [0.15, 0.2) is 0 Å². The van der Waals surface area contributed by atoms with Crippen LogP contribution in [0.5, 0.6) is 0 Å². The molecule has 124 valence electrons. The molecule has 1 saturated carbocycles. The van der Waals surface area contributed by atoms with Crippen LogP contribution in [0.1, 0.15) is 26.2 Å². The topological polar surface area (TPSA) is 31.0 Å². The highest BCUT2D eigenvalue weighted by molar-refractivity contribution is 6.87. The minimum atomic E-state index is -1.99. The molecule has 4 atom stereocenters. The molecule has 3 nitrogen and oxygen atoms in total. The van der Waals surface area contributed by atoms with Crippen molar-refractivity contribution in [1.82, 2.24) is 0 Å². The smallest absolute Gasteiger partial charge is 0.311 e.